The Morgan fingerprint density at radius 1 is 1.28 bits per heavy atom. The zero-order chi connectivity index (χ0) is 11.9. The maximum Gasteiger partial charge on any atom is 0.0452 e. The van der Waals surface area contributed by atoms with E-state index in [9.17, 15) is 0 Å². The summed E-state index contributed by atoms with van der Waals surface area (Å²) in [7, 11) is 0. The average Bonchev–Trinajstić information content (AvgIpc) is 2.94. The van der Waals surface area contributed by atoms with Crippen LogP contribution < -0.4 is 10.2 Å². The minimum absolute atomic E-state index is 0.664. The molecule has 1 aromatic carbocycles. The monoisotopic (exact) mass is 239 g/mol. The number of anilines is 1. The lowest BCUT2D eigenvalue weighted by Gasteiger charge is -2.35. The van der Waals surface area contributed by atoms with Gasteiger partial charge >= 0.3 is 0 Å². The van der Waals surface area contributed by atoms with Gasteiger partial charge in [0.1, 0.15) is 0 Å². The van der Waals surface area contributed by atoms with Crippen molar-refractivity contribution >= 4 is 16.5 Å². The lowest BCUT2D eigenvalue weighted by Crippen LogP contribution is -2.40. The van der Waals surface area contributed by atoms with E-state index in [1.165, 1.54) is 28.4 Å². The van der Waals surface area contributed by atoms with E-state index in [0.29, 0.717) is 6.04 Å². The molecule has 1 saturated heterocycles. The largest absolute Gasteiger partial charge is 0.366 e. The van der Waals surface area contributed by atoms with Crippen LogP contribution in [0.3, 0.4) is 0 Å². The van der Waals surface area contributed by atoms with Crippen molar-refractivity contribution in [1.29, 1.82) is 0 Å². The van der Waals surface area contributed by atoms with E-state index in [-0.39, 0.29) is 0 Å². The van der Waals surface area contributed by atoms with Gasteiger partial charge in [0, 0.05) is 48.0 Å². The van der Waals surface area contributed by atoms with Crippen molar-refractivity contribution in [2.75, 3.05) is 24.5 Å². The third-order valence-corrected chi connectivity index (χ3v) is 4.25. The number of rotatable bonds is 1. The Labute approximate surface area is 107 Å². The van der Waals surface area contributed by atoms with E-state index in [1.54, 1.807) is 0 Å². The molecule has 0 saturated carbocycles. The van der Waals surface area contributed by atoms with Crippen LogP contribution in [0.15, 0.2) is 30.6 Å². The third kappa shape index (κ3) is 1.44. The van der Waals surface area contributed by atoms with Crippen molar-refractivity contribution in [3.05, 3.63) is 36.2 Å². The van der Waals surface area contributed by atoms with Gasteiger partial charge in [-0.1, -0.05) is 12.1 Å². The second-order valence-corrected chi connectivity index (χ2v) is 5.26. The summed E-state index contributed by atoms with van der Waals surface area (Å²) in [6.45, 7) is 3.40. The van der Waals surface area contributed by atoms with E-state index >= 15 is 0 Å². The number of benzene rings is 1. The van der Waals surface area contributed by atoms with Crippen LogP contribution in [0, 0.1) is 0 Å². The van der Waals surface area contributed by atoms with Gasteiger partial charge in [0.25, 0.3) is 0 Å². The van der Waals surface area contributed by atoms with Gasteiger partial charge in [-0.2, -0.15) is 0 Å². The smallest absolute Gasteiger partial charge is 0.0452 e. The molecular formula is C15H17N3. The van der Waals surface area contributed by atoms with Crippen LogP contribution in [0.5, 0.6) is 0 Å². The Morgan fingerprint density at radius 3 is 3.17 bits per heavy atom. The molecule has 0 radical (unpaired) electrons. The van der Waals surface area contributed by atoms with Crippen LogP contribution >= 0.6 is 0 Å². The Hall–Kier alpha value is -1.61. The highest BCUT2D eigenvalue weighted by molar-refractivity contribution is 5.97. The van der Waals surface area contributed by atoms with Crippen LogP contribution in [-0.2, 0) is 6.42 Å². The van der Waals surface area contributed by atoms with Gasteiger partial charge in [-0.05, 0) is 31.0 Å². The Kier molecular flexibility index (Phi) is 2.27. The summed E-state index contributed by atoms with van der Waals surface area (Å²) in [5, 5.41) is 6.17. The first-order chi connectivity index (χ1) is 8.93. The molecule has 0 aliphatic carbocycles. The Bertz CT molecular complexity index is 582. The number of pyridine rings is 1. The highest BCUT2D eigenvalue weighted by Crippen LogP contribution is 2.35. The minimum Gasteiger partial charge on any atom is -0.366 e. The molecule has 3 heteroatoms. The number of nitrogens with one attached hydrogen (secondary N) is 1. The van der Waals surface area contributed by atoms with Crippen molar-refractivity contribution in [3.63, 3.8) is 0 Å². The van der Waals surface area contributed by atoms with E-state index in [2.05, 4.69) is 33.4 Å². The standard InChI is InChI=1S/C15H17N3/c1-2-11-8-17-9-12-5-7-18(13-4-6-16-10-13)14(3-1)15(11)12/h1-3,8-9,13,16H,4-7,10H2. The topological polar surface area (TPSA) is 28.2 Å². The molecule has 1 atom stereocenters. The van der Waals surface area contributed by atoms with E-state index in [4.69, 9.17) is 0 Å². The first-order valence-corrected chi connectivity index (χ1v) is 6.76. The highest BCUT2D eigenvalue weighted by Gasteiger charge is 2.27. The molecule has 1 fully saturated rings. The molecule has 2 aromatic rings. The summed E-state index contributed by atoms with van der Waals surface area (Å²) in [5.41, 5.74) is 2.81. The fourth-order valence-corrected chi connectivity index (χ4v) is 3.36. The number of hydrogen-bond donors (Lipinski definition) is 1. The summed E-state index contributed by atoms with van der Waals surface area (Å²) in [4.78, 5) is 6.94. The SMILES string of the molecule is c1cc2c3c(cncc3c1)CCN2C1CCNC1. The zero-order valence-corrected chi connectivity index (χ0v) is 10.4. The zero-order valence-electron chi connectivity index (χ0n) is 10.4. The molecule has 0 bridgehead atoms. The van der Waals surface area contributed by atoms with Crippen molar-refractivity contribution in [3.8, 4) is 0 Å². The lowest BCUT2D eigenvalue weighted by molar-refractivity contribution is 0.626. The normalized spacial score (nSPS) is 22.7. The summed E-state index contributed by atoms with van der Waals surface area (Å²) in [5.74, 6) is 0. The van der Waals surface area contributed by atoms with Crippen molar-refractivity contribution < 1.29 is 0 Å². The molecule has 1 unspecified atom stereocenters. The second-order valence-electron chi connectivity index (χ2n) is 5.26. The molecule has 1 aromatic heterocycles. The quantitative estimate of drug-likeness (QED) is 0.824. The van der Waals surface area contributed by atoms with Gasteiger partial charge < -0.3 is 10.2 Å². The highest BCUT2D eigenvalue weighted by atomic mass is 15.2. The van der Waals surface area contributed by atoms with Gasteiger partial charge in [0.2, 0.25) is 0 Å². The third-order valence-electron chi connectivity index (χ3n) is 4.25. The molecule has 3 nitrogen and oxygen atoms in total. The van der Waals surface area contributed by atoms with E-state index in [1.807, 2.05) is 12.4 Å². The molecule has 1 N–H and O–H groups in total. The molecule has 3 heterocycles. The maximum atomic E-state index is 4.35. The number of hydrogen-bond acceptors (Lipinski definition) is 3. The van der Waals surface area contributed by atoms with Gasteiger partial charge in [-0.3, -0.25) is 4.98 Å². The fourth-order valence-electron chi connectivity index (χ4n) is 3.36. The van der Waals surface area contributed by atoms with E-state index in [0.717, 1.165) is 26.1 Å². The average molecular weight is 239 g/mol. The number of aromatic nitrogens is 1. The summed E-state index contributed by atoms with van der Waals surface area (Å²) >= 11 is 0. The molecule has 92 valence electrons. The molecule has 2 aliphatic rings. The number of nitrogens with zero attached hydrogens (tertiary/aromatic N) is 2. The van der Waals surface area contributed by atoms with Gasteiger partial charge in [-0.15, -0.1) is 0 Å². The van der Waals surface area contributed by atoms with Crippen LogP contribution in [0.1, 0.15) is 12.0 Å². The van der Waals surface area contributed by atoms with Crippen molar-refractivity contribution in [1.82, 2.24) is 10.3 Å². The van der Waals surface area contributed by atoms with Gasteiger partial charge in [0.05, 0.1) is 0 Å². The van der Waals surface area contributed by atoms with Crippen molar-refractivity contribution in [2.24, 2.45) is 0 Å². The lowest BCUT2D eigenvalue weighted by atomic mass is 9.97. The Balaban J connectivity index is 1.89. The summed E-state index contributed by atoms with van der Waals surface area (Å²) < 4.78 is 0. The van der Waals surface area contributed by atoms with Gasteiger partial charge in [0.15, 0.2) is 0 Å². The fraction of sp³-hybridized carbons (Fsp3) is 0.400. The first kappa shape index (κ1) is 10.3. The van der Waals surface area contributed by atoms with Crippen LogP contribution in [-0.4, -0.2) is 30.7 Å². The predicted molar refractivity (Wildman–Crippen MR) is 74.1 cm³/mol. The molecular weight excluding hydrogens is 222 g/mol. The summed E-state index contributed by atoms with van der Waals surface area (Å²) in [6.07, 6.45) is 6.41. The first-order valence-electron chi connectivity index (χ1n) is 6.76. The predicted octanol–water partition coefficient (Wildman–Crippen LogP) is 1.96. The minimum atomic E-state index is 0.664. The molecule has 0 amide bonds. The Morgan fingerprint density at radius 2 is 2.28 bits per heavy atom. The van der Waals surface area contributed by atoms with Crippen LogP contribution in [0.4, 0.5) is 5.69 Å². The second kappa shape index (κ2) is 3.95. The molecule has 4 rings (SSSR count). The molecule has 0 spiro atoms. The summed E-state index contributed by atoms with van der Waals surface area (Å²) in [6, 6.07) is 7.26. The maximum absolute atomic E-state index is 4.35. The molecule has 18 heavy (non-hydrogen) atoms. The van der Waals surface area contributed by atoms with Crippen LogP contribution in [0.25, 0.3) is 10.8 Å². The van der Waals surface area contributed by atoms with Crippen LogP contribution in [0.2, 0.25) is 0 Å². The van der Waals surface area contributed by atoms with Crippen molar-refractivity contribution in [2.45, 2.75) is 18.9 Å². The van der Waals surface area contributed by atoms with E-state index < -0.39 is 0 Å². The van der Waals surface area contributed by atoms with Gasteiger partial charge in [-0.25, -0.2) is 0 Å². The molecule has 2 aliphatic heterocycles.